The molecule has 0 spiro atoms. The first-order chi connectivity index (χ1) is 6.66. The molecule has 0 saturated heterocycles. The Morgan fingerprint density at radius 1 is 1.36 bits per heavy atom. The van der Waals surface area contributed by atoms with E-state index in [4.69, 9.17) is 0 Å². The van der Waals surface area contributed by atoms with E-state index >= 15 is 0 Å². The summed E-state index contributed by atoms with van der Waals surface area (Å²) in [5, 5.41) is 9.40. The lowest BCUT2D eigenvalue weighted by Gasteiger charge is -2.15. The molecule has 0 aliphatic carbocycles. The second-order valence-electron chi connectivity index (χ2n) is 2.58. The van der Waals surface area contributed by atoms with Gasteiger partial charge in [0.05, 0.1) is 12.4 Å². The fraction of sp³-hybridized carbons (Fsp3) is 0.400. The fourth-order valence-electron chi connectivity index (χ4n) is 1.01. The third kappa shape index (κ3) is 2.73. The molecule has 1 aromatic heterocycles. The molecular formula is C10H17N3O. The number of hydrogen-bond acceptors (Lipinski definition) is 4. The van der Waals surface area contributed by atoms with E-state index in [1.54, 1.807) is 11.1 Å². The molecule has 1 rings (SSSR count). The molecule has 0 aliphatic heterocycles. The first kappa shape index (κ1) is 12.4. The number of hydrogen-bond donors (Lipinski definition) is 1. The number of aromatic nitrogens is 1. The second kappa shape index (κ2) is 5.96. The van der Waals surface area contributed by atoms with Crippen LogP contribution < -0.4 is 4.90 Å². The number of aliphatic imine (C=N–C) groups is 1. The predicted molar refractivity (Wildman–Crippen MR) is 60.8 cm³/mol. The zero-order valence-electron chi connectivity index (χ0n) is 9.15. The maximum atomic E-state index is 9.40. The van der Waals surface area contributed by atoms with E-state index in [1.165, 1.54) is 6.20 Å². The lowest BCUT2D eigenvalue weighted by Crippen LogP contribution is -2.09. The van der Waals surface area contributed by atoms with Gasteiger partial charge in [0, 0.05) is 14.1 Å². The normalized spacial score (nSPS) is 8.57. The van der Waals surface area contributed by atoms with Gasteiger partial charge in [0.15, 0.2) is 5.75 Å². The first-order valence-electron chi connectivity index (χ1n) is 4.48. The summed E-state index contributed by atoms with van der Waals surface area (Å²) in [5.74, 6) is 0.116. The zero-order valence-corrected chi connectivity index (χ0v) is 9.15. The van der Waals surface area contributed by atoms with E-state index in [1.807, 2.05) is 27.9 Å². The largest absolute Gasteiger partial charge is 0.504 e. The van der Waals surface area contributed by atoms with Crippen LogP contribution in [0.25, 0.3) is 0 Å². The van der Waals surface area contributed by atoms with Gasteiger partial charge in [0.25, 0.3) is 0 Å². The minimum atomic E-state index is 0.116. The van der Waals surface area contributed by atoms with E-state index in [2.05, 4.69) is 16.7 Å². The molecule has 0 radical (unpaired) electrons. The van der Waals surface area contributed by atoms with Crippen LogP contribution in [-0.4, -0.2) is 30.9 Å². The van der Waals surface area contributed by atoms with Crippen LogP contribution >= 0.6 is 0 Å². The maximum absolute atomic E-state index is 9.40. The van der Waals surface area contributed by atoms with Crippen molar-refractivity contribution in [3.05, 3.63) is 12.4 Å². The number of anilines is 1. The van der Waals surface area contributed by atoms with Gasteiger partial charge in [-0.15, -0.1) is 0 Å². The summed E-state index contributed by atoms with van der Waals surface area (Å²) in [5.41, 5.74) is 1.22. The smallest absolute Gasteiger partial charge is 0.159 e. The zero-order chi connectivity index (χ0) is 11.1. The lowest BCUT2D eigenvalue weighted by atomic mass is 10.3. The quantitative estimate of drug-likeness (QED) is 0.736. The second-order valence-corrected chi connectivity index (χ2v) is 2.58. The third-order valence-corrected chi connectivity index (χ3v) is 1.50. The summed E-state index contributed by atoms with van der Waals surface area (Å²) < 4.78 is 0. The summed E-state index contributed by atoms with van der Waals surface area (Å²) in [6, 6.07) is 0. The highest BCUT2D eigenvalue weighted by Crippen LogP contribution is 2.33. The lowest BCUT2D eigenvalue weighted by molar-refractivity contribution is 0.473. The van der Waals surface area contributed by atoms with Gasteiger partial charge in [-0.1, -0.05) is 13.8 Å². The van der Waals surface area contributed by atoms with Crippen LogP contribution in [0.15, 0.2) is 17.4 Å². The number of rotatable bonds is 2. The van der Waals surface area contributed by atoms with Crippen molar-refractivity contribution in [2.75, 3.05) is 19.0 Å². The third-order valence-electron chi connectivity index (χ3n) is 1.50. The van der Waals surface area contributed by atoms with Crippen molar-refractivity contribution in [3.63, 3.8) is 0 Å². The Morgan fingerprint density at radius 2 is 1.93 bits per heavy atom. The monoisotopic (exact) mass is 195 g/mol. The molecule has 0 amide bonds. The Bertz CT molecular complexity index is 297. The molecule has 78 valence electrons. The van der Waals surface area contributed by atoms with Crippen LogP contribution in [-0.2, 0) is 0 Å². The van der Waals surface area contributed by atoms with Crippen LogP contribution in [0.2, 0.25) is 0 Å². The highest BCUT2D eigenvalue weighted by Gasteiger charge is 2.08. The minimum Gasteiger partial charge on any atom is -0.504 e. The van der Waals surface area contributed by atoms with Crippen molar-refractivity contribution in [1.82, 2.24) is 4.98 Å². The van der Waals surface area contributed by atoms with Gasteiger partial charge in [-0.25, -0.2) is 0 Å². The number of aromatic hydroxyl groups is 1. The molecule has 1 heterocycles. The summed E-state index contributed by atoms with van der Waals surface area (Å²) in [6.45, 7) is 7.39. The van der Waals surface area contributed by atoms with Gasteiger partial charge in [0.1, 0.15) is 11.4 Å². The Kier molecular flexibility index (Phi) is 5.29. The van der Waals surface area contributed by atoms with Crippen molar-refractivity contribution in [2.45, 2.75) is 13.8 Å². The van der Waals surface area contributed by atoms with E-state index in [-0.39, 0.29) is 5.75 Å². The molecule has 1 aromatic rings. The van der Waals surface area contributed by atoms with E-state index < -0.39 is 0 Å². The molecule has 0 unspecified atom stereocenters. The first-order valence-corrected chi connectivity index (χ1v) is 4.48. The molecule has 4 heteroatoms. The molecule has 0 aliphatic rings. The van der Waals surface area contributed by atoms with Crippen LogP contribution in [0.4, 0.5) is 11.4 Å². The molecule has 4 nitrogen and oxygen atoms in total. The standard InChI is InChI=1S/C8H11N3O.C2H6/c1-9-6-4-10-5-7(12)8(6)11(2)3;1-2/h4-5,12H,1H2,2-3H3;1-2H3. The van der Waals surface area contributed by atoms with Crippen molar-refractivity contribution in [1.29, 1.82) is 0 Å². The highest BCUT2D eigenvalue weighted by molar-refractivity contribution is 5.73. The van der Waals surface area contributed by atoms with Gasteiger partial charge in [-0.3, -0.25) is 9.98 Å². The van der Waals surface area contributed by atoms with Gasteiger partial charge in [0.2, 0.25) is 0 Å². The number of nitrogens with zero attached hydrogens (tertiary/aromatic N) is 3. The molecular weight excluding hydrogens is 178 g/mol. The fourth-order valence-corrected chi connectivity index (χ4v) is 1.01. The molecule has 0 aromatic carbocycles. The van der Waals surface area contributed by atoms with Crippen molar-refractivity contribution >= 4 is 18.1 Å². The van der Waals surface area contributed by atoms with Crippen LogP contribution in [0.1, 0.15) is 13.8 Å². The van der Waals surface area contributed by atoms with E-state index in [0.29, 0.717) is 11.4 Å². The van der Waals surface area contributed by atoms with Crippen molar-refractivity contribution < 1.29 is 5.11 Å². The van der Waals surface area contributed by atoms with Gasteiger partial charge >= 0.3 is 0 Å². The molecule has 0 atom stereocenters. The van der Waals surface area contributed by atoms with E-state index in [9.17, 15) is 5.11 Å². The average Bonchev–Trinajstić information content (AvgIpc) is 2.19. The van der Waals surface area contributed by atoms with Gasteiger partial charge < -0.3 is 10.0 Å². The molecule has 14 heavy (non-hydrogen) atoms. The Labute approximate surface area is 84.9 Å². The van der Waals surface area contributed by atoms with Crippen LogP contribution in [0.3, 0.4) is 0 Å². The maximum Gasteiger partial charge on any atom is 0.159 e. The summed E-state index contributed by atoms with van der Waals surface area (Å²) in [6.07, 6.45) is 2.94. The molecule has 0 saturated carbocycles. The van der Waals surface area contributed by atoms with Crippen LogP contribution in [0.5, 0.6) is 5.75 Å². The predicted octanol–water partition coefficient (Wildman–Crippen LogP) is 2.21. The topological polar surface area (TPSA) is 48.7 Å². The van der Waals surface area contributed by atoms with Crippen molar-refractivity contribution in [3.8, 4) is 5.75 Å². The minimum absolute atomic E-state index is 0.116. The molecule has 0 fully saturated rings. The average molecular weight is 195 g/mol. The number of pyridine rings is 1. The SMILES string of the molecule is C=Nc1cncc(O)c1N(C)C.CC. The molecule has 0 bridgehead atoms. The van der Waals surface area contributed by atoms with Crippen LogP contribution in [0, 0.1) is 0 Å². The summed E-state index contributed by atoms with van der Waals surface area (Å²) in [7, 11) is 3.65. The van der Waals surface area contributed by atoms with Gasteiger partial charge in [-0.05, 0) is 6.72 Å². The highest BCUT2D eigenvalue weighted by atomic mass is 16.3. The van der Waals surface area contributed by atoms with E-state index in [0.717, 1.165) is 0 Å². The summed E-state index contributed by atoms with van der Waals surface area (Å²) >= 11 is 0. The Morgan fingerprint density at radius 3 is 2.29 bits per heavy atom. The summed E-state index contributed by atoms with van der Waals surface area (Å²) in [4.78, 5) is 9.29. The van der Waals surface area contributed by atoms with Gasteiger partial charge in [-0.2, -0.15) is 0 Å². The molecule has 1 N–H and O–H groups in total. The Hall–Kier alpha value is -1.58. The Balaban J connectivity index is 0.000000791. The van der Waals surface area contributed by atoms with Crippen molar-refractivity contribution in [2.24, 2.45) is 4.99 Å².